The Kier molecular flexibility index (Phi) is 5.53. The number of anilines is 1. The Morgan fingerprint density at radius 1 is 1.15 bits per heavy atom. The van der Waals surface area contributed by atoms with Crippen molar-refractivity contribution < 1.29 is 4.74 Å². The SMILES string of the molecule is Cc1nc(-c2ccc(NCCOc3ccc(Cl)cc3)nc2)[nH]c(=O)c1C. The van der Waals surface area contributed by atoms with Gasteiger partial charge in [0, 0.05) is 28.0 Å². The van der Waals surface area contributed by atoms with E-state index in [1.165, 1.54) is 0 Å². The topological polar surface area (TPSA) is 79.9 Å². The summed E-state index contributed by atoms with van der Waals surface area (Å²) in [6.45, 7) is 4.67. The molecule has 0 saturated carbocycles. The van der Waals surface area contributed by atoms with Gasteiger partial charge in [0.2, 0.25) is 0 Å². The Hall–Kier alpha value is -2.86. The van der Waals surface area contributed by atoms with Gasteiger partial charge in [-0.3, -0.25) is 4.79 Å². The number of hydrogen-bond acceptors (Lipinski definition) is 5. The number of rotatable bonds is 6. The Labute approximate surface area is 156 Å². The van der Waals surface area contributed by atoms with Gasteiger partial charge in [-0.05, 0) is 50.2 Å². The molecule has 0 fully saturated rings. The number of aromatic nitrogens is 3. The van der Waals surface area contributed by atoms with Crippen molar-refractivity contribution in [1.29, 1.82) is 0 Å². The normalized spacial score (nSPS) is 10.6. The van der Waals surface area contributed by atoms with Gasteiger partial charge in [0.25, 0.3) is 5.56 Å². The molecule has 3 aromatic rings. The highest BCUT2D eigenvalue weighted by molar-refractivity contribution is 6.30. The summed E-state index contributed by atoms with van der Waals surface area (Å²) in [6, 6.07) is 10.9. The summed E-state index contributed by atoms with van der Waals surface area (Å²) in [4.78, 5) is 23.4. The molecule has 2 aromatic heterocycles. The number of H-pyrrole nitrogens is 1. The van der Waals surface area contributed by atoms with Crippen LogP contribution in [0.5, 0.6) is 5.75 Å². The Morgan fingerprint density at radius 2 is 1.92 bits per heavy atom. The zero-order valence-corrected chi connectivity index (χ0v) is 15.3. The zero-order chi connectivity index (χ0) is 18.5. The van der Waals surface area contributed by atoms with Crippen LogP contribution in [-0.4, -0.2) is 28.1 Å². The first-order chi connectivity index (χ1) is 12.5. The highest BCUT2D eigenvalue weighted by Crippen LogP contribution is 2.16. The van der Waals surface area contributed by atoms with Crippen LogP contribution in [0.2, 0.25) is 5.02 Å². The number of nitrogens with zero attached hydrogens (tertiary/aromatic N) is 2. The summed E-state index contributed by atoms with van der Waals surface area (Å²) in [5.41, 5.74) is 1.97. The molecule has 0 unspecified atom stereocenters. The fourth-order valence-corrected chi connectivity index (χ4v) is 2.43. The molecule has 0 amide bonds. The van der Waals surface area contributed by atoms with Gasteiger partial charge in [-0.25, -0.2) is 9.97 Å². The molecule has 0 aliphatic carbocycles. The van der Waals surface area contributed by atoms with Crippen molar-refractivity contribution in [2.45, 2.75) is 13.8 Å². The third-order valence-corrected chi connectivity index (χ3v) is 4.17. The summed E-state index contributed by atoms with van der Waals surface area (Å²) in [5.74, 6) is 2.01. The molecule has 0 radical (unpaired) electrons. The molecule has 0 atom stereocenters. The van der Waals surface area contributed by atoms with Crippen LogP contribution < -0.4 is 15.6 Å². The van der Waals surface area contributed by atoms with E-state index in [0.29, 0.717) is 35.3 Å². The van der Waals surface area contributed by atoms with Crippen LogP contribution >= 0.6 is 11.6 Å². The largest absolute Gasteiger partial charge is 0.492 e. The molecule has 134 valence electrons. The van der Waals surface area contributed by atoms with Gasteiger partial charge in [0.1, 0.15) is 24.0 Å². The fourth-order valence-electron chi connectivity index (χ4n) is 2.30. The van der Waals surface area contributed by atoms with Crippen LogP contribution in [0, 0.1) is 13.8 Å². The number of pyridine rings is 1. The van der Waals surface area contributed by atoms with Crippen molar-refractivity contribution in [3.63, 3.8) is 0 Å². The number of halogens is 1. The zero-order valence-electron chi connectivity index (χ0n) is 14.5. The van der Waals surface area contributed by atoms with E-state index in [9.17, 15) is 4.79 Å². The number of aryl methyl sites for hydroxylation is 1. The molecule has 2 heterocycles. The van der Waals surface area contributed by atoms with E-state index in [-0.39, 0.29) is 5.56 Å². The summed E-state index contributed by atoms with van der Waals surface area (Å²) in [7, 11) is 0. The molecule has 6 nitrogen and oxygen atoms in total. The van der Waals surface area contributed by atoms with Gasteiger partial charge in [0.05, 0.1) is 6.54 Å². The van der Waals surface area contributed by atoms with E-state index in [1.54, 1.807) is 25.3 Å². The third-order valence-electron chi connectivity index (χ3n) is 3.92. The molecule has 1 aromatic carbocycles. The van der Waals surface area contributed by atoms with E-state index in [4.69, 9.17) is 16.3 Å². The second kappa shape index (κ2) is 8.01. The molecular weight excluding hydrogens is 352 g/mol. The highest BCUT2D eigenvalue weighted by Gasteiger charge is 2.06. The standard InChI is InChI=1S/C19H19ClN4O2/c1-12-13(2)23-18(24-19(12)25)14-3-8-17(22-11-14)21-9-10-26-16-6-4-15(20)5-7-16/h3-8,11H,9-10H2,1-2H3,(H,21,22)(H,23,24,25). The predicted octanol–water partition coefficient (Wildman–Crippen LogP) is 3.59. The first-order valence-electron chi connectivity index (χ1n) is 8.19. The average Bonchev–Trinajstić information content (AvgIpc) is 2.65. The summed E-state index contributed by atoms with van der Waals surface area (Å²) in [5, 5.41) is 3.86. The number of nitrogens with one attached hydrogen (secondary N) is 2. The quantitative estimate of drug-likeness (QED) is 0.648. The molecular formula is C19H19ClN4O2. The molecule has 0 saturated heterocycles. The number of hydrogen-bond donors (Lipinski definition) is 2. The van der Waals surface area contributed by atoms with Crippen LogP contribution in [0.25, 0.3) is 11.4 Å². The summed E-state index contributed by atoms with van der Waals surface area (Å²) in [6.07, 6.45) is 1.68. The van der Waals surface area contributed by atoms with Gasteiger partial charge >= 0.3 is 0 Å². The first kappa shape index (κ1) is 17.9. The van der Waals surface area contributed by atoms with Gasteiger partial charge in [-0.15, -0.1) is 0 Å². The monoisotopic (exact) mass is 370 g/mol. The summed E-state index contributed by atoms with van der Waals surface area (Å²) < 4.78 is 5.61. The van der Waals surface area contributed by atoms with Crippen molar-refractivity contribution in [3.8, 4) is 17.1 Å². The molecule has 0 spiro atoms. The maximum Gasteiger partial charge on any atom is 0.254 e. The Balaban J connectivity index is 1.56. The van der Waals surface area contributed by atoms with Crippen molar-refractivity contribution in [2.75, 3.05) is 18.5 Å². The lowest BCUT2D eigenvalue weighted by Gasteiger charge is -2.09. The van der Waals surface area contributed by atoms with Gasteiger partial charge < -0.3 is 15.0 Å². The van der Waals surface area contributed by atoms with Crippen molar-refractivity contribution in [1.82, 2.24) is 15.0 Å². The van der Waals surface area contributed by atoms with Crippen LogP contribution in [-0.2, 0) is 0 Å². The van der Waals surface area contributed by atoms with Crippen molar-refractivity contribution in [3.05, 3.63) is 69.2 Å². The lowest BCUT2D eigenvalue weighted by atomic mass is 10.2. The van der Waals surface area contributed by atoms with Crippen LogP contribution in [0.3, 0.4) is 0 Å². The van der Waals surface area contributed by atoms with Gasteiger partial charge in [0.15, 0.2) is 0 Å². The average molecular weight is 371 g/mol. The minimum atomic E-state index is -0.131. The molecule has 26 heavy (non-hydrogen) atoms. The summed E-state index contributed by atoms with van der Waals surface area (Å²) >= 11 is 5.83. The highest BCUT2D eigenvalue weighted by atomic mass is 35.5. The molecule has 2 N–H and O–H groups in total. The van der Waals surface area contributed by atoms with E-state index in [0.717, 1.165) is 17.1 Å². The smallest absolute Gasteiger partial charge is 0.254 e. The molecule has 7 heteroatoms. The lowest BCUT2D eigenvalue weighted by Crippen LogP contribution is -2.14. The number of benzene rings is 1. The van der Waals surface area contributed by atoms with Crippen LogP contribution in [0.1, 0.15) is 11.3 Å². The van der Waals surface area contributed by atoms with E-state index in [1.807, 2.05) is 31.2 Å². The molecule has 0 bridgehead atoms. The molecule has 3 rings (SSSR count). The second-order valence-electron chi connectivity index (χ2n) is 5.79. The second-order valence-corrected chi connectivity index (χ2v) is 6.22. The minimum absolute atomic E-state index is 0.131. The van der Waals surface area contributed by atoms with E-state index >= 15 is 0 Å². The maximum atomic E-state index is 11.9. The Morgan fingerprint density at radius 3 is 2.58 bits per heavy atom. The minimum Gasteiger partial charge on any atom is -0.492 e. The van der Waals surface area contributed by atoms with Crippen LogP contribution in [0.15, 0.2) is 47.4 Å². The van der Waals surface area contributed by atoms with E-state index < -0.39 is 0 Å². The first-order valence-corrected chi connectivity index (χ1v) is 8.57. The van der Waals surface area contributed by atoms with E-state index in [2.05, 4.69) is 20.3 Å². The predicted molar refractivity (Wildman–Crippen MR) is 103 cm³/mol. The lowest BCUT2D eigenvalue weighted by molar-refractivity contribution is 0.333. The molecule has 0 aliphatic heterocycles. The van der Waals surface area contributed by atoms with Gasteiger partial charge in [-0.1, -0.05) is 11.6 Å². The number of ether oxygens (including phenoxy) is 1. The van der Waals surface area contributed by atoms with Crippen LogP contribution in [0.4, 0.5) is 5.82 Å². The van der Waals surface area contributed by atoms with Gasteiger partial charge in [-0.2, -0.15) is 0 Å². The van der Waals surface area contributed by atoms with Crippen molar-refractivity contribution in [2.24, 2.45) is 0 Å². The molecule has 0 aliphatic rings. The van der Waals surface area contributed by atoms with Crippen molar-refractivity contribution >= 4 is 17.4 Å². The maximum absolute atomic E-state index is 11.9. The fraction of sp³-hybridized carbons (Fsp3) is 0.211. The third kappa shape index (κ3) is 4.40. The number of aromatic amines is 1. The Bertz CT molecular complexity index is 937.